The lowest BCUT2D eigenvalue weighted by Gasteiger charge is -2.08. The van der Waals surface area contributed by atoms with Crippen LogP contribution >= 0.6 is 0 Å². The van der Waals surface area contributed by atoms with Crippen molar-refractivity contribution in [2.75, 3.05) is 13.7 Å². The Bertz CT molecular complexity index is 331. The van der Waals surface area contributed by atoms with E-state index in [9.17, 15) is 0 Å². The van der Waals surface area contributed by atoms with Crippen LogP contribution in [-0.4, -0.2) is 13.7 Å². The highest BCUT2D eigenvalue weighted by Gasteiger charge is 2.02. The molecule has 1 aromatic rings. The topological polar surface area (TPSA) is 35.2 Å². The summed E-state index contributed by atoms with van der Waals surface area (Å²) in [5.74, 6) is 0.930. The molecule has 0 aliphatic rings. The number of unbranched alkanes of at least 4 members (excludes halogenated alkanes) is 1. The maximum atomic E-state index is 5.46. The molecule has 0 fully saturated rings. The summed E-state index contributed by atoms with van der Waals surface area (Å²) < 4.78 is 5.31. The molecule has 82 valence electrons. The molecule has 0 unspecified atom stereocenters. The van der Waals surface area contributed by atoms with Crippen LogP contribution < -0.4 is 10.5 Å². The van der Waals surface area contributed by atoms with Gasteiger partial charge in [0.25, 0.3) is 0 Å². The average molecular weight is 205 g/mol. The van der Waals surface area contributed by atoms with Gasteiger partial charge in [0.05, 0.1) is 7.11 Å². The Balaban J connectivity index is 2.80. The molecule has 0 saturated carbocycles. The summed E-state index contributed by atoms with van der Waals surface area (Å²) in [6, 6.07) is 8.07. The number of ether oxygens (including phenoxy) is 1. The summed E-state index contributed by atoms with van der Waals surface area (Å²) in [5.41, 5.74) is 7.87. The van der Waals surface area contributed by atoms with E-state index in [1.807, 2.05) is 18.2 Å². The quantitative estimate of drug-likeness (QED) is 0.750. The van der Waals surface area contributed by atoms with Gasteiger partial charge in [0.2, 0.25) is 0 Å². The van der Waals surface area contributed by atoms with E-state index >= 15 is 0 Å². The van der Waals surface area contributed by atoms with Gasteiger partial charge in [-0.1, -0.05) is 24.3 Å². The zero-order valence-electron chi connectivity index (χ0n) is 9.49. The number of rotatable bonds is 5. The molecular formula is C13H19NO. The minimum absolute atomic E-state index is 0.746. The molecule has 0 saturated heterocycles. The molecule has 0 aliphatic carbocycles. The second kappa shape index (κ2) is 6.25. The fourth-order valence-corrected chi connectivity index (χ4v) is 1.52. The van der Waals surface area contributed by atoms with Gasteiger partial charge in [0.1, 0.15) is 5.75 Å². The van der Waals surface area contributed by atoms with E-state index in [0.717, 1.165) is 30.7 Å². The fourth-order valence-electron chi connectivity index (χ4n) is 1.52. The minimum Gasteiger partial charge on any atom is -0.496 e. The standard InChI is InChI=1S/C13H19NO/c1-11(7-5-6-10-14)12-8-3-4-9-13(12)15-2/h3-4,7-9H,5-6,10,14H2,1-2H3/b11-7+. The van der Waals surface area contributed by atoms with Crippen molar-refractivity contribution in [1.29, 1.82) is 0 Å². The number of benzene rings is 1. The van der Waals surface area contributed by atoms with Crippen LogP contribution in [0.25, 0.3) is 5.57 Å². The van der Waals surface area contributed by atoms with Crippen LogP contribution in [0.5, 0.6) is 5.75 Å². The van der Waals surface area contributed by atoms with Crippen molar-refractivity contribution in [3.8, 4) is 5.75 Å². The Kier molecular flexibility index (Phi) is 4.91. The van der Waals surface area contributed by atoms with Gasteiger partial charge in [-0.05, 0) is 37.9 Å². The molecule has 0 heterocycles. The summed E-state index contributed by atoms with van der Waals surface area (Å²) in [7, 11) is 1.70. The number of hydrogen-bond donors (Lipinski definition) is 1. The van der Waals surface area contributed by atoms with Gasteiger partial charge in [0, 0.05) is 5.56 Å². The SMILES string of the molecule is COc1ccccc1/C(C)=C/CCCN. The van der Waals surface area contributed by atoms with Crippen LogP contribution in [-0.2, 0) is 0 Å². The van der Waals surface area contributed by atoms with E-state index in [0.29, 0.717) is 0 Å². The van der Waals surface area contributed by atoms with E-state index < -0.39 is 0 Å². The van der Waals surface area contributed by atoms with Gasteiger partial charge in [-0.25, -0.2) is 0 Å². The molecular weight excluding hydrogens is 186 g/mol. The minimum atomic E-state index is 0.746. The maximum absolute atomic E-state index is 5.46. The molecule has 0 spiro atoms. The lowest BCUT2D eigenvalue weighted by Crippen LogP contribution is -1.96. The number of methoxy groups -OCH3 is 1. The van der Waals surface area contributed by atoms with Crippen molar-refractivity contribution < 1.29 is 4.74 Å². The number of nitrogens with two attached hydrogens (primary N) is 1. The second-order valence-electron chi connectivity index (χ2n) is 3.52. The maximum Gasteiger partial charge on any atom is 0.126 e. The van der Waals surface area contributed by atoms with Gasteiger partial charge >= 0.3 is 0 Å². The first kappa shape index (κ1) is 11.8. The number of para-hydroxylation sites is 1. The van der Waals surface area contributed by atoms with E-state index in [2.05, 4.69) is 19.1 Å². The molecule has 2 nitrogen and oxygen atoms in total. The van der Waals surface area contributed by atoms with Gasteiger partial charge in [-0.15, -0.1) is 0 Å². The molecule has 1 rings (SSSR count). The number of hydrogen-bond acceptors (Lipinski definition) is 2. The smallest absolute Gasteiger partial charge is 0.126 e. The Morgan fingerprint density at radius 1 is 1.40 bits per heavy atom. The highest BCUT2D eigenvalue weighted by molar-refractivity contribution is 5.68. The van der Waals surface area contributed by atoms with Crippen molar-refractivity contribution in [3.05, 3.63) is 35.9 Å². The predicted octanol–water partition coefficient (Wildman–Crippen LogP) is 2.84. The summed E-state index contributed by atoms with van der Waals surface area (Å²) in [6.07, 6.45) is 4.28. The third-order valence-corrected chi connectivity index (χ3v) is 2.39. The zero-order valence-corrected chi connectivity index (χ0v) is 9.49. The van der Waals surface area contributed by atoms with Crippen LogP contribution in [0.3, 0.4) is 0 Å². The van der Waals surface area contributed by atoms with Gasteiger partial charge in [-0.2, -0.15) is 0 Å². The van der Waals surface area contributed by atoms with Crippen LogP contribution in [0.15, 0.2) is 30.3 Å². The van der Waals surface area contributed by atoms with Gasteiger partial charge in [-0.3, -0.25) is 0 Å². The van der Waals surface area contributed by atoms with Gasteiger partial charge < -0.3 is 10.5 Å². The first-order chi connectivity index (χ1) is 7.29. The largest absolute Gasteiger partial charge is 0.496 e. The summed E-state index contributed by atoms with van der Waals surface area (Å²) in [5, 5.41) is 0. The highest BCUT2D eigenvalue weighted by Crippen LogP contribution is 2.25. The third-order valence-electron chi connectivity index (χ3n) is 2.39. The normalized spacial score (nSPS) is 11.5. The first-order valence-electron chi connectivity index (χ1n) is 5.29. The van der Waals surface area contributed by atoms with Crippen LogP contribution in [0, 0.1) is 0 Å². The Morgan fingerprint density at radius 2 is 2.13 bits per heavy atom. The van der Waals surface area contributed by atoms with Crippen LogP contribution in [0.2, 0.25) is 0 Å². The van der Waals surface area contributed by atoms with Crippen molar-refractivity contribution in [2.24, 2.45) is 5.73 Å². The van der Waals surface area contributed by atoms with E-state index in [4.69, 9.17) is 10.5 Å². The molecule has 15 heavy (non-hydrogen) atoms. The monoisotopic (exact) mass is 205 g/mol. The lowest BCUT2D eigenvalue weighted by molar-refractivity contribution is 0.413. The molecule has 0 aliphatic heterocycles. The Hall–Kier alpha value is -1.28. The first-order valence-corrected chi connectivity index (χ1v) is 5.29. The van der Waals surface area contributed by atoms with Crippen molar-refractivity contribution in [2.45, 2.75) is 19.8 Å². The van der Waals surface area contributed by atoms with Crippen LogP contribution in [0.1, 0.15) is 25.3 Å². The predicted molar refractivity (Wildman–Crippen MR) is 64.9 cm³/mol. The van der Waals surface area contributed by atoms with Gasteiger partial charge in [0.15, 0.2) is 0 Å². The molecule has 0 atom stereocenters. The molecule has 1 aromatic carbocycles. The second-order valence-corrected chi connectivity index (χ2v) is 3.52. The van der Waals surface area contributed by atoms with E-state index in [1.165, 1.54) is 5.57 Å². The average Bonchev–Trinajstić information content (AvgIpc) is 2.29. The lowest BCUT2D eigenvalue weighted by atomic mass is 10.0. The molecule has 0 bridgehead atoms. The van der Waals surface area contributed by atoms with E-state index in [1.54, 1.807) is 7.11 Å². The fraction of sp³-hybridized carbons (Fsp3) is 0.385. The molecule has 0 radical (unpaired) electrons. The Morgan fingerprint density at radius 3 is 2.80 bits per heavy atom. The highest BCUT2D eigenvalue weighted by atomic mass is 16.5. The molecule has 0 amide bonds. The summed E-state index contributed by atoms with van der Waals surface area (Å²) in [6.45, 7) is 2.85. The Labute approximate surface area is 91.7 Å². The molecule has 2 heteroatoms. The summed E-state index contributed by atoms with van der Waals surface area (Å²) >= 11 is 0. The molecule has 2 N–H and O–H groups in total. The van der Waals surface area contributed by atoms with Crippen molar-refractivity contribution >= 4 is 5.57 Å². The molecule has 0 aromatic heterocycles. The van der Waals surface area contributed by atoms with E-state index in [-0.39, 0.29) is 0 Å². The van der Waals surface area contributed by atoms with Crippen molar-refractivity contribution in [3.63, 3.8) is 0 Å². The number of allylic oxidation sites excluding steroid dienone is 2. The summed E-state index contributed by atoms with van der Waals surface area (Å²) in [4.78, 5) is 0. The van der Waals surface area contributed by atoms with Crippen LogP contribution in [0.4, 0.5) is 0 Å². The van der Waals surface area contributed by atoms with Crippen molar-refractivity contribution in [1.82, 2.24) is 0 Å². The zero-order chi connectivity index (χ0) is 11.1. The third kappa shape index (κ3) is 3.40.